The first kappa shape index (κ1) is 18.6. The summed E-state index contributed by atoms with van der Waals surface area (Å²) in [5, 5.41) is 2.81. The van der Waals surface area contributed by atoms with Crippen molar-refractivity contribution < 1.29 is 17.6 Å². The lowest BCUT2D eigenvalue weighted by Gasteiger charge is -2.16. The fourth-order valence-electron chi connectivity index (χ4n) is 3.37. The van der Waals surface area contributed by atoms with Crippen LogP contribution in [0.25, 0.3) is 0 Å². The molecule has 0 unspecified atom stereocenters. The third kappa shape index (κ3) is 3.64. The molecule has 2 aromatic rings. The largest absolute Gasteiger partial charge is 0.325 e. The van der Waals surface area contributed by atoms with Crippen molar-refractivity contribution in [1.82, 2.24) is 4.72 Å². The van der Waals surface area contributed by atoms with Crippen LogP contribution in [0.3, 0.4) is 0 Å². The Bertz CT molecular complexity index is 1040. The van der Waals surface area contributed by atoms with Gasteiger partial charge in [0.15, 0.2) is 0 Å². The van der Waals surface area contributed by atoms with Crippen molar-refractivity contribution in [3.05, 3.63) is 59.9 Å². The second kappa shape index (κ2) is 7.01. The smallest absolute Gasteiger partial charge is 0.262 e. The van der Waals surface area contributed by atoms with E-state index in [9.17, 15) is 17.6 Å². The molecule has 0 bridgehead atoms. The van der Waals surface area contributed by atoms with Gasteiger partial charge in [-0.25, -0.2) is 12.8 Å². The summed E-state index contributed by atoms with van der Waals surface area (Å²) >= 11 is 0. The van der Waals surface area contributed by atoms with E-state index in [2.05, 4.69) is 15.0 Å². The molecular formula is C20H20FN3O3S. The third-order valence-corrected chi connectivity index (χ3v) is 6.49. The molecule has 1 amide bonds. The van der Waals surface area contributed by atoms with Gasteiger partial charge in [-0.3, -0.25) is 14.5 Å². The Labute approximate surface area is 162 Å². The minimum Gasteiger partial charge on any atom is -0.325 e. The van der Waals surface area contributed by atoms with Crippen molar-refractivity contribution in [3.63, 3.8) is 0 Å². The average Bonchev–Trinajstić information content (AvgIpc) is 3.34. The van der Waals surface area contributed by atoms with Crippen LogP contribution in [0.2, 0.25) is 0 Å². The Balaban J connectivity index is 1.52. The first-order valence-corrected chi connectivity index (χ1v) is 10.6. The van der Waals surface area contributed by atoms with E-state index in [-0.39, 0.29) is 16.6 Å². The molecule has 1 aliphatic carbocycles. The van der Waals surface area contributed by atoms with E-state index in [1.54, 1.807) is 24.3 Å². The van der Waals surface area contributed by atoms with Crippen LogP contribution >= 0.6 is 0 Å². The quantitative estimate of drug-likeness (QED) is 0.807. The Morgan fingerprint density at radius 3 is 2.50 bits per heavy atom. The maximum absolute atomic E-state index is 13.2. The molecule has 28 heavy (non-hydrogen) atoms. The monoisotopic (exact) mass is 401 g/mol. The summed E-state index contributed by atoms with van der Waals surface area (Å²) in [7, 11) is -3.75. The number of hydrogen-bond acceptors (Lipinski definition) is 4. The van der Waals surface area contributed by atoms with E-state index >= 15 is 0 Å². The van der Waals surface area contributed by atoms with E-state index in [4.69, 9.17) is 0 Å². The molecular weight excluding hydrogens is 381 g/mol. The van der Waals surface area contributed by atoms with Gasteiger partial charge in [-0.2, -0.15) is 0 Å². The number of aliphatic imine (C=N–C) groups is 1. The number of amides is 1. The minimum atomic E-state index is -3.75. The first-order chi connectivity index (χ1) is 13.4. The molecule has 1 saturated carbocycles. The van der Waals surface area contributed by atoms with Crippen molar-refractivity contribution in [2.24, 2.45) is 4.99 Å². The number of nitrogens with one attached hydrogen (secondary N) is 2. The Morgan fingerprint density at radius 2 is 1.86 bits per heavy atom. The van der Waals surface area contributed by atoms with Gasteiger partial charge in [-0.15, -0.1) is 0 Å². The Kier molecular flexibility index (Phi) is 4.66. The molecule has 0 atom stereocenters. The average molecular weight is 401 g/mol. The highest BCUT2D eigenvalue weighted by Crippen LogP contribution is 2.49. The van der Waals surface area contributed by atoms with Gasteiger partial charge in [-0.05, 0) is 55.2 Å². The highest BCUT2D eigenvalue weighted by Gasteiger charge is 2.51. The zero-order valence-electron chi connectivity index (χ0n) is 15.1. The lowest BCUT2D eigenvalue weighted by atomic mass is 9.95. The number of carbonyl (C=O) groups excluding carboxylic acids is 1. The topological polar surface area (TPSA) is 87.6 Å². The number of halogens is 1. The molecule has 4 rings (SSSR count). The summed E-state index contributed by atoms with van der Waals surface area (Å²) in [4.78, 5) is 17.0. The van der Waals surface area contributed by atoms with Crippen molar-refractivity contribution in [3.8, 4) is 0 Å². The van der Waals surface area contributed by atoms with Crippen LogP contribution in [0, 0.1) is 5.82 Å². The van der Waals surface area contributed by atoms with Gasteiger partial charge in [0.1, 0.15) is 11.7 Å². The number of benzene rings is 2. The van der Waals surface area contributed by atoms with Gasteiger partial charge < -0.3 is 5.32 Å². The van der Waals surface area contributed by atoms with Gasteiger partial charge >= 0.3 is 0 Å². The van der Waals surface area contributed by atoms with Gasteiger partial charge in [0.05, 0.1) is 10.3 Å². The summed E-state index contributed by atoms with van der Waals surface area (Å²) in [5.74, 6) is -0.110. The second-order valence-electron chi connectivity index (χ2n) is 7.11. The maximum Gasteiger partial charge on any atom is 0.262 e. The summed E-state index contributed by atoms with van der Waals surface area (Å²) in [6, 6.07) is 12.0. The lowest BCUT2D eigenvalue weighted by molar-refractivity contribution is -0.118. The van der Waals surface area contributed by atoms with Crippen LogP contribution in [0.1, 0.15) is 31.2 Å². The van der Waals surface area contributed by atoms with Crippen LogP contribution in [-0.4, -0.2) is 26.7 Å². The zero-order valence-corrected chi connectivity index (χ0v) is 15.9. The van der Waals surface area contributed by atoms with E-state index in [1.165, 1.54) is 24.3 Å². The van der Waals surface area contributed by atoms with Crippen LogP contribution in [-0.2, 0) is 20.2 Å². The number of amidine groups is 1. The van der Waals surface area contributed by atoms with Crippen LogP contribution in [0.4, 0.5) is 10.1 Å². The molecule has 0 spiro atoms. The Hall–Kier alpha value is -2.74. The molecule has 2 N–H and O–H groups in total. The summed E-state index contributed by atoms with van der Waals surface area (Å²) in [5.41, 5.74) is 0.477. The summed E-state index contributed by atoms with van der Waals surface area (Å²) in [6.07, 6.45) is 2.78. The van der Waals surface area contributed by atoms with Crippen molar-refractivity contribution >= 4 is 27.5 Å². The van der Waals surface area contributed by atoms with Gasteiger partial charge in [0, 0.05) is 18.7 Å². The standard InChI is InChI=1S/C20H20FN3O3S/c21-15-8-6-14(7-9-15)20(10-11-20)19(25)23-16-3-1-4-17(13-16)28(26,27)24-18-5-2-12-22-18/h1,3-4,6-9,13H,2,5,10-12H2,(H,22,24)(H,23,25). The van der Waals surface area contributed by atoms with Gasteiger partial charge in [-0.1, -0.05) is 18.2 Å². The molecule has 0 aromatic heterocycles. The van der Waals surface area contributed by atoms with E-state index in [1.807, 2.05) is 0 Å². The molecule has 1 heterocycles. The number of sulfonamides is 1. The molecule has 2 aliphatic rings. The Morgan fingerprint density at radius 1 is 1.11 bits per heavy atom. The minimum absolute atomic E-state index is 0.0616. The fourth-order valence-corrected chi connectivity index (χ4v) is 4.50. The SMILES string of the molecule is O=C(Nc1cccc(S(=O)(=O)NC2=NCCC2)c1)C1(c2ccc(F)cc2)CC1. The summed E-state index contributed by atoms with van der Waals surface area (Å²) in [6.45, 7) is 0.624. The molecule has 6 nitrogen and oxygen atoms in total. The number of nitrogens with zero attached hydrogens (tertiary/aromatic N) is 1. The third-order valence-electron chi connectivity index (χ3n) is 5.11. The van der Waals surface area contributed by atoms with E-state index in [0.717, 1.165) is 12.0 Å². The molecule has 8 heteroatoms. The molecule has 0 saturated heterocycles. The highest BCUT2D eigenvalue weighted by molar-refractivity contribution is 7.90. The number of hydrogen-bond donors (Lipinski definition) is 2. The molecule has 146 valence electrons. The van der Waals surface area contributed by atoms with Crippen molar-refractivity contribution in [1.29, 1.82) is 0 Å². The van der Waals surface area contributed by atoms with Crippen molar-refractivity contribution in [2.45, 2.75) is 36.0 Å². The van der Waals surface area contributed by atoms with Crippen LogP contribution < -0.4 is 10.0 Å². The maximum atomic E-state index is 13.2. The lowest BCUT2D eigenvalue weighted by Crippen LogP contribution is -2.30. The van der Waals surface area contributed by atoms with E-state index in [0.29, 0.717) is 37.3 Å². The van der Waals surface area contributed by atoms with Crippen molar-refractivity contribution in [2.75, 3.05) is 11.9 Å². The zero-order chi connectivity index (χ0) is 19.8. The summed E-state index contributed by atoms with van der Waals surface area (Å²) < 4.78 is 40.8. The highest BCUT2D eigenvalue weighted by atomic mass is 32.2. The normalized spacial score (nSPS) is 17.7. The molecule has 2 aromatic carbocycles. The predicted octanol–water partition coefficient (Wildman–Crippen LogP) is 2.97. The van der Waals surface area contributed by atoms with E-state index < -0.39 is 15.4 Å². The van der Waals surface area contributed by atoms with Crippen LogP contribution in [0.15, 0.2) is 58.4 Å². The van der Waals surface area contributed by atoms with Gasteiger partial charge in [0.2, 0.25) is 5.91 Å². The first-order valence-electron chi connectivity index (χ1n) is 9.13. The van der Waals surface area contributed by atoms with Crippen LogP contribution in [0.5, 0.6) is 0 Å². The van der Waals surface area contributed by atoms with Gasteiger partial charge in [0.25, 0.3) is 10.0 Å². The number of carbonyl (C=O) groups is 1. The number of anilines is 1. The number of rotatable bonds is 5. The fraction of sp³-hybridized carbons (Fsp3) is 0.300. The molecule has 0 radical (unpaired) electrons. The molecule has 1 fully saturated rings. The molecule has 1 aliphatic heterocycles. The second-order valence-corrected chi connectivity index (χ2v) is 8.79. The predicted molar refractivity (Wildman–Crippen MR) is 104 cm³/mol.